The summed E-state index contributed by atoms with van der Waals surface area (Å²) in [4.78, 5) is 26.7. The van der Waals surface area contributed by atoms with Gasteiger partial charge in [0.15, 0.2) is 5.03 Å². The molecular weight excluding hydrogens is 484 g/mol. The van der Waals surface area contributed by atoms with E-state index in [1.54, 1.807) is 24.0 Å². The van der Waals surface area contributed by atoms with E-state index in [2.05, 4.69) is 31.7 Å². The van der Waals surface area contributed by atoms with Crippen molar-refractivity contribution < 1.29 is 13.2 Å². The molecule has 0 aliphatic carbocycles. The van der Waals surface area contributed by atoms with Crippen LogP contribution in [0.15, 0.2) is 29.9 Å². The van der Waals surface area contributed by atoms with E-state index in [0.717, 1.165) is 35.6 Å². The van der Waals surface area contributed by atoms with Crippen LogP contribution in [0, 0.1) is 0 Å². The fourth-order valence-corrected chi connectivity index (χ4v) is 6.42. The van der Waals surface area contributed by atoms with Gasteiger partial charge >= 0.3 is 0 Å². The summed E-state index contributed by atoms with van der Waals surface area (Å²) in [5.41, 5.74) is 8.29. The topological polar surface area (TPSA) is 148 Å². The number of nitrogen functional groups attached to an aromatic ring is 1. The van der Waals surface area contributed by atoms with E-state index < -0.39 is 10.0 Å². The van der Waals surface area contributed by atoms with E-state index in [0.29, 0.717) is 38.8 Å². The van der Waals surface area contributed by atoms with Crippen LogP contribution in [0.4, 0.5) is 17.7 Å². The maximum absolute atomic E-state index is 13.0. The van der Waals surface area contributed by atoms with Gasteiger partial charge in [-0.3, -0.25) is 0 Å². The average Bonchev–Trinajstić information content (AvgIpc) is 3.45. The highest BCUT2D eigenvalue weighted by molar-refractivity contribution is 7.89. The molecule has 0 unspecified atom stereocenters. The minimum absolute atomic E-state index is 0.0186. The van der Waals surface area contributed by atoms with Crippen LogP contribution in [0.2, 0.25) is 0 Å². The summed E-state index contributed by atoms with van der Waals surface area (Å²) in [5, 5.41) is 0.0711. The molecule has 3 aliphatic heterocycles. The molecule has 13 nitrogen and oxygen atoms in total. The fourth-order valence-electron chi connectivity index (χ4n) is 4.94. The number of hydrogen-bond acceptors (Lipinski definition) is 11. The average molecular weight is 513 g/mol. The van der Waals surface area contributed by atoms with E-state index in [1.807, 2.05) is 0 Å². The molecule has 3 aromatic heterocycles. The quantitative estimate of drug-likeness (QED) is 0.489. The second-order valence-corrected chi connectivity index (χ2v) is 11.3. The first-order valence-corrected chi connectivity index (χ1v) is 13.3. The van der Waals surface area contributed by atoms with Gasteiger partial charge in [-0.25, -0.2) is 28.4 Å². The Morgan fingerprint density at radius 2 is 1.86 bits per heavy atom. The smallest absolute Gasteiger partial charge is 0.262 e. The van der Waals surface area contributed by atoms with Crippen molar-refractivity contribution in [3.63, 3.8) is 0 Å². The predicted octanol–water partition coefficient (Wildman–Crippen LogP) is -0.0900. The molecule has 0 saturated carbocycles. The minimum Gasteiger partial charge on any atom is -0.377 e. The van der Waals surface area contributed by atoms with Crippen molar-refractivity contribution in [1.82, 2.24) is 33.8 Å². The number of aryl methyl sites for hydroxylation is 1. The Bertz CT molecular complexity index is 1390. The van der Waals surface area contributed by atoms with Crippen LogP contribution in [-0.4, -0.2) is 93.7 Å². The van der Waals surface area contributed by atoms with Crippen LogP contribution >= 0.6 is 0 Å². The van der Waals surface area contributed by atoms with Crippen molar-refractivity contribution in [3.05, 3.63) is 30.5 Å². The Labute approximate surface area is 209 Å². The number of sulfonamides is 1. The predicted molar refractivity (Wildman–Crippen MR) is 132 cm³/mol. The molecule has 0 radical (unpaired) electrons. The number of aromatic nitrogens is 6. The number of morpholine rings is 1. The number of fused-ring (bicyclic) bond motifs is 1. The highest BCUT2D eigenvalue weighted by atomic mass is 32.2. The lowest BCUT2D eigenvalue weighted by atomic mass is 10.1. The van der Waals surface area contributed by atoms with Gasteiger partial charge in [0, 0.05) is 62.9 Å². The molecule has 0 spiro atoms. The van der Waals surface area contributed by atoms with Gasteiger partial charge in [0.2, 0.25) is 11.9 Å². The highest BCUT2D eigenvalue weighted by Crippen LogP contribution is 2.38. The molecule has 6 rings (SSSR count). The summed E-state index contributed by atoms with van der Waals surface area (Å²) >= 11 is 0. The molecule has 0 bridgehead atoms. The van der Waals surface area contributed by atoms with Gasteiger partial charge < -0.3 is 24.8 Å². The number of anilines is 3. The van der Waals surface area contributed by atoms with Crippen molar-refractivity contribution in [1.29, 1.82) is 0 Å². The lowest BCUT2D eigenvalue weighted by Crippen LogP contribution is -2.61. The molecule has 36 heavy (non-hydrogen) atoms. The second-order valence-electron chi connectivity index (χ2n) is 9.42. The summed E-state index contributed by atoms with van der Waals surface area (Å²) in [6, 6.07) is 0.148. The summed E-state index contributed by atoms with van der Waals surface area (Å²) in [5.74, 6) is 1.67. The first-order valence-electron chi connectivity index (χ1n) is 11.9. The number of rotatable bonds is 5. The zero-order valence-electron chi connectivity index (χ0n) is 20.1. The van der Waals surface area contributed by atoms with Crippen LogP contribution < -0.4 is 15.5 Å². The minimum atomic E-state index is -3.62. The third kappa shape index (κ3) is 3.85. The number of hydrogen-bond donors (Lipinski definition) is 1. The molecule has 2 fully saturated rings. The summed E-state index contributed by atoms with van der Waals surface area (Å²) < 4.78 is 34.6. The SMILES string of the molecule is C[C@H]1COCCN1c1nc(-c2cnc(N)nc2)c2c(n1)N(C1CN(S(=O)(=O)c3cn(C)cn3)C1)CC2. The number of imidazole rings is 1. The molecule has 0 amide bonds. The van der Waals surface area contributed by atoms with Crippen LogP contribution in [-0.2, 0) is 28.2 Å². The summed E-state index contributed by atoms with van der Waals surface area (Å²) in [6.45, 7) is 5.49. The van der Waals surface area contributed by atoms with E-state index in [1.165, 1.54) is 16.8 Å². The largest absolute Gasteiger partial charge is 0.377 e. The van der Waals surface area contributed by atoms with Gasteiger partial charge in [-0.2, -0.15) is 9.29 Å². The summed E-state index contributed by atoms with van der Waals surface area (Å²) in [7, 11) is -1.87. The molecule has 3 aromatic rings. The maximum Gasteiger partial charge on any atom is 0.262 e. The van der Waals surface area contributed by atoms with E-state index in [9.17, 15) is 8.42 Å². The van der Waals surface area contributed by atoms with E-state index in [-0.39, 0.29) is 23.1 Å². The molecule has 3 aliphatic rings. The van der Waals surface area contributed by atoms with Gasteiger partial charge in [0.05, 0.1) is 37.3 Å². The van der Waals surface area contributed by atoms with Crippen LogP contribution in [0.25, 0.3) is 11.3 Å². The third-order valence-corrected chi connectivity index (χ3v) is 8.69. The number of ether oxygens (including phenoxy) is 1. The second kappa shape index (κ2) is 8.64. The van der Waals surface area contributed by atoms with Crippen molar-refractivity contribution >= 4 is 27.7 Å². The fraction of sp³-hybridized carbons (Fsp3) is 0.500. The van der Waals surface area contributed by atoms with Gasteiger partial charge in [-0.1, -0.05) is 0 Å². The molecule has 1 atom stereocenters. The Hall–Kier alpha value is -3.36. The van der Waals surface area contributed by atoms with Crippen molar-refractivity contribution in [2.45, 2.75) is 30.5 Å². The Morgan fingerprint density at radius 1 is 1.08 bits per heavy atom. The van der Waals surface area contributed by atoms with Gasteiger partial charge in [-0.15, -0.1) is 0 Å². The molecular formula is C22H28N10O3S. The molecule has 2 saturated heterocycles. The Kier molecular flexibility index (Phi) is 5.53. The lowest BCUT2D eigenvalue weighted by Gasteiger charge is -2.43. The normalized spacial score (nSPS) is 21.0. The number of nitrogens with two attached hydrogens (primary N) is 1. The van der Waals surface area contributed by atoms with Crippen molar-refractivity contribution in [3.8, 4) is 11.3 Å². The number of nitrogens with zero attached hydrogens (tertiary/aromatic N) is 9. The standard InChI is InChI=1S/C22H28N10O3S/c1-14-12-35-6-5-31(14)22-27-19(15-7-24-21(23)25-8-15)17-3-4-32(20(17)28-22)16-9-30(10-16)36(33,34)18-11-29(2)13-26-18/h7-8,11,13-14,16H,3-6,9-10,12H2,1-2H3,(H2,23,24,25)/t14-/m0/s1. The maximum atomic E-state index is 13.0. The van der Waals surface area contributed by atoms with Crippen LogP contribution in [0.1, 0.15) is 12.5 Å². The van der Waals surface area contributed by atoms with E-state index >= 15 is 0 Å². The highest BCUT2D eigenvalue weighted by Gasteiger charge is 2.43. The molecule has 190 valence electrons. The molecule has 2 N–H and O–H groups in total. The lowest BCUT2D eigenvalue weighted by molar-refractivity contribution is 0.0981. The molecule has 0 aromatic carbocycles. The molecule has 6 heterocycles. The van der Waals surface area contributed by atoms with Gasteiger partial charge in [-0.05, 0) is 13.3 Å². The zero-order valence-corrected chi connectivity index (χ0v) is 21.0. The van der Waals surface area contributed by atoms with Crippen LogP contribution in [0.3, 0.4) is 0 Å². The van der Waals surface area contributed by atoms with Crippen molar-refractivity contribution in [2.75, 3.05) is 54.9 Å². The van der Waals surface area contributed by atoms with Gasteiger partial charge in [0.1, 0.15) is 5.82 Å². The third-order valence-electron chi connectivity index (χ3n) is 6.97. The zero-order chi connectivity index (χ0) is 25.0. The van der Waals surface area contributed by atoms with Crippen LogP contribution in [0.5, 0.6) is 0 Å². The van der Waals surface area contributed by atoms with Gasteiger partial charge in [0.25, 0.3) is 10.0 Å². The Balaban J connectivity index is 1.32. The Morgan fingerprint density at radius 3 is 2.56 bits per heavy atom. The molecule has 14 heteroatoms. The monoisotopic (exact) mass is 512 g/mol. The van der Waals surface area contributed by atoms with E-state index in [4.69, 9.17) is 20.4 Å². The first-order chi connectivity index (χ1) is 17.3. The summed E-state index contributed by atoms with van der Waals surface area (Å²) in [6.07, 6.45) is 7.14. The van der Waals surface area contributed by atoms with Crippen molar-refractivity contribution in [2.24, 2.45) is 7.05 Å². The first kappa shape index (κ1) is 23.1.